The van der Waals surface area contributed by atoms with Gasteiger partial charge in [0.25, 0.3) is 0 Å². The molecule has 0 spiro atoms. The van der Waals surface area contributed by atoms with Gasteiger partial charge in [0.2, 0.25) is 0 Å². The molecule has 2 unspecified atom stereocenters. The second kappa shape index (κ2) is 7.90. The summed E-state index contributed by atoms with van der Waals surface area (Å²) < 4.78 is 15.6. The van der Waals surface area contributed by atoms with Crippen LogP contribution in [0.3, 0.4) is 0 Å². The van der Waals surface area contributed by atoms with E-state index in [0.29, 0.717) is 17.1 Å². The maximum atomic E-state index is 10.7. The van der Waals surface area contributed by atoms with Crippen LogP contribution in [-0.2, 0) is 0 Å². The molecule has 0 amide bonds. The van der Waals surface area contributed by atoms with Gasteiger partial charge >= 0.3 is 0 Å². The number of aromatic hydroxyl groups is 1. The van der Waals surface area contributed by atoms with Gasteiger partial charge in [0, 0.05) is 23.1 Å². The Morgan fingerprint density at radius 3 is 2.21 bits per heavy atom. The molecule has 0 aromatic heterocycles. The van der Waals surface area contributed by atoms with Crippen molar-refractivity contribution in [1.29, 1.82) is 0 Å². The number of phenolic OH excluding ortho intramolecular Hbond substituents is 1. The van der Waals surface area contributed by atoms with E-state index in [1.807, 2.05) is 0 Å². The van der Waals surface area contributed by atoms with Crippen LogP contribution in [0.5, 0.6) is 23.0 Å². The van der Waals surface area contributed by atoms with E-state index >= 15 is 0 Å². The lowest BCUT2D eigenvalue weighted by atomic mass is 9.88. The quantitative estimate of drug-likeness (QED) is 0.720. The van der Waals surface area contributed by atoms with Gasteiger partial charge in [-0.3, -0.25) is 0 Å². The summed E-state index contributed by atoms with van der Waals surface area (Å²) in [4.78, 5) is 0. The molecule has 0 radical (unpaired) electrons. The highest BCUT2D eigenvalue weighted by atomic mass is 16.5. The molecule has 0 bridgehead atoms. The molecule has 0 fully saturated rings. The van der Waals surface area contributed by atoms with Gasteiger partial charge in [-0.2, -0.15) is 0 Å². The van der Waals surface area contributed by atoms with E-state index in [0.717, 1.165) is 0 Å². The van der Waals surface area contributed by atoms with Gasteiger partial charge in [-0.1, -0.05) is 18.2 Å². The van der Waals surface area contributed by atoms with Crippen LogP contribution in [0, 0.1) is 0 Å². The first-order valence-electron chi connectivity index (χ1n) is 7.44. The Hall–Kier alpha value is -2.44. The first-order chi connectivity index (χ1) is 11.6. The van der Waals surface area contributed by atoms with E-state index in [4.69, 9.17) is 14.2 Å². The van der Waals surface area contributed by atoms with Gasteiger partial charge in [0.15, 0.2) is 11.5 Å². The largest absolute Gasteiger partial charge is 0.504 e. The van der Waals surface area contributed by atoms with Gasteiger partial charge < -0.3 is 29.5 Å². The molecular formula is C18H22O6. The number of methoxy groups -OCH3 is 3. The minimum atomic E-state index is -1.15. The normalized spacial score (nSPS) is 13.2. The van der Waals surface area contributed by atoms with E-state index < -0.39 is 12.0 Å². The highest BCUT2D eigenvalue weighted by molar-refractivity contribution is 5.49. The predicted molar refractivity (Wildman–Crippen MR) is 89.0 cm³/mol. The number of benzene rings is 2. The fourth-order valence-corrected chi connectivity index (χ4v) is 2.65. The van der Waals surface area contributed by atoms with Crippen molar-refractivity contribution in [1.82, 2.24) is 0 Å². The zero-order valence-electron chi connectivity index (χ0n) is 13.9. The Morgan fingerprint density at radius 1 is 0.917 bits per heavy atom. The number of aliphatic hydroxyl groups is 2. The number of ether oxygens (including phenoxy) is 3. The maximum absolute atomic E-state index is 10.7. The minimum Gasteiger partial charge on any atom is -0.504 e. The summed E-state index contributed by atoms with van der Waals surface area (Å²) in [5.74, 6) is 0.494. The average Bonchev–Trinajstić information content (AvgIpc) is 2.62. The molecule has 6 heteroatoms. The fraction of sp³-hybridized carbons (Fsp3) is 0.333. The Morgan fingerprint density at radius 2 is 1.62 bits per heavy atom. The van der Waals surface area contributed by atoms with Crippen molar-refractivity contribution in [3.63, 3.8) is 0 Å². The van der Waals surface area contributed by atoms with E-state index in [-0.39, 0.29) is 23.7 Å². The topological polar surface area (TPSA) is 88.4 Å². The molecular weight excluding hydrogens is 312 g/mol. The number of phenols is 1. The Balaban J connectivity index is 2.45. The Bertz CT molecular complexity index is 685. The monoisotopic (exact) mass is 334 g/mol. The van der Waals surface area contributed by atoms with Crippen LogP contribution in [0.2, 0.25) is 0 Å². The van der Waals surface area contributed by atoms with E-state index in [2.05, 4.69) is 0 Å². The maximum Gasteiger partial charge on any atom is 0.163 e. The molecule has 2 rings (SSSR count). The lowest BCUT2D eigenvalue weighted by Gasteiger charge is -2.24. The van der Waals surface area contributed by atoms with E-state index in [1.165, 1.54) is 14.2 Å². The zero-order chi connectivity index (χ0) is 17.7. The number of rotatable bonds is 7. The summed E-state index contributed by atoms with van der Waals surface area (Å²) in [6.45, 7) is -0.333. The van der Waals surface area contributed by atoms with E-state index in [1.54, 1.807) is 43.5 Å². The summed E-state index contributed by atoms with van der Waals surface area (Å²) in [5.41, 5.74) is 0.877. The SMILES string of the molecule is COc1ccc(C(CO)C(O)c2cccc(OC)c2O)c(OC)c1. The third-order valence-corrected chi connectivity index (χ3v) is 3.99. The van der Waals surface area contributed by atoms with Crippen molar-refractivity contribution in [3.05, 3.63) is 47.5 Å². The number of hydrogen-bond acceptors (Lipinski definition) is 6. The second-order valence-corrected chi connectivity index (χ2v) is 5.24. The van der Waals surface area contributed by atoms with Crippen molar-refractivity contribution < 1.29 is 29.5 Å². The third kappa shape index (κ3) is 3.39. The standard InChI is InChI=1S/C18H22O6/c1-22-11-7-8-12(16(9-11)24-3)14(10-19)17(20)13-5-4-6-15(23-2)18(13)21/h4-9,14,17,19-21H,10H2,1-3H3. The molecule has 0 saturated carbocycles. The minimum absolute atomic E-state index is 0.154. The van der Waals surface area contributed by atoms with Crippen LogP contribution in [0.4, 0.5) is 0 Å². The molecule has 0 aliphatic carbocycles. The number of aliphatic hydroxyl groups excluding tert-OH is 2. The van der Waals surface area contributed by atoms with Crippen molar-refractivity contribution in [2.24, 2.45) is 0 Å². The van der Waals surface area contributed by atoms with Gasteiger partial charge in [-0.25, -0.2) is 0 Å². The average molecular weight is 334 g/mol. The number of para-hydroxylation sites is 1. The highest BCUT2D eigenvalue weighted by Gasteiger charge is 2.28. The van der Waals surface area contributed by atoms with Crippen molar-refractivity contribution in [2.75, 3.05) is 27.9 Å². The fourth-order valence-electron chi connectivity index (χ4n) is 2.65. The lowest BCUT2D eigenvalue weighted by Crippen LogP contribution is -2.16. The van der Waals surface area contributed by atoms with Crippen molar-refractivity contribution >= 4 is 0 Å². The highest BCUT2D eigenvalue weighted by Crippen LogP contribution is 2.42. The summed E-state index contributed by atoms with van der Waals surface area (Å²) in [7, 11) is 4.48. The smallest absolute Gasteiger partial charge is 0.163 e. The molecule has 3 N–H and O–H groups in total. The number of hydrogen-bond donors (Lipinski definition) is 3. The van der Waals surface area contributed by atoms with Crippen LogP contribution in [0.1, 0.15) is 23.1 Å². The van der Waals surface area contributed by atoms with Crippen LogP contribution < -0.4 is 14.2 Å². The van der Waals surface area contributed by atoms with Crippen LogP contribution >= 0.6 is 0 Å². The molecule has 2 aromatic rings. The lowest BCUT2D eigenvalue weighted by molar-refractivity contribution is 0.103. The van der Waals surface area contributed by atoms with Gasteiger partial charge in [-0.15, -0.1) is 0 Å². The van der Waals surface area contributed by atoms with Gasteiger partial charge in [-0.05, 0) is 12.1 Å². The molecule has 24 heavy (non-hydrogen) atoms. The molecule has 0 aliphatic heterocycles. The van der Waals surface area contributed by atoms with Crippen LogP contribution in [0.15, 0.2) is 36.4 Å². The summed E-state index contributed by atoms with van der Waals surface area (Å²) >= 11 is 0. The Kier molecular flexibility index (Phi) is 5.89. The zero-order valence-corrected chi connectivity index (χ0v) is 13.9. The molecule has 130 valence electrons. The Labute approximate surface area is 140 Å². The summed E-state index contributed by atoms with van der Waals surface area (Å²) in [6.07, 6.45) is -1.15. The first-order valence-corrected chi connectivity index (χ1v) is 7.44. The van der Waals surface area contributed by atoms with E-state index in [9.17, 15) is 15.3 Å². The predicted octanol–water partition coefficient (Wildman–Crippen LogP) is 2.23. The third-order valence-electron chi connectivity index (χ3n) is 3.99. The van der Waals surface area contributed by atoms with Gasteiger partial charge in [0.1, 0.15) is 11.5 Å². The van der Waals surface area contributed by atoms with Crippen molar-refractivity contribution in [2.45, 2.75) is 12.0 Å². The molecule has 2 aromatic carbocycles. The molecule has 2 atom stereocenters. The van der Waals surface area contributed by atoms with Crippen LogP contribution in [-0.4, -0.2) is 43.3 Å². The van der Waals surface area contributed by atoms with Gasteiger partial charge in [0.05, 0.1) is 34.0 Å². The first kappa shape index (κ1) is 17.9. The molecule has 6 nitrogen and oxygen atoms in total. The summed E-state index contributed by atoms with van der Waals surface area (Å²) in [5, 5.41) is 30.8. The van der Waals surface area contributed by atoms with Crippen molar-refractivity contribution in [3.8, 4) is 23.0 Å². The summed E-state index contributed by atoms with van der Waals surface area (Å²) in [6, 6.07) is 9.96. The molecule has 0 heterocycles. The molecule has 0 saturated heterocycles. The van der Waals surface area contributed by atoms with Crippen LogP contribution in [0.25, 0.3) is 0 Å². The second-order valence-electron chi connectivity index (χ2n) is 5.24. The molecule has 0 aliphatic rings.